The third-order valence-electron chi connectivity index (χ3n) is 3.95. The highest BCUT2D eigenvalue weighted by atomic mass is 35.5. The molecule has 4 rings (SSSR count). The zero-order valence-electron chi connectivity index (χ0n) is 13.5. The molecule has 4 nitrogen and oxygen atoms in total. The molecule has 0 spiro atoms. The fourth-order valence-corrected chi connectivity index (χ4v) is 3.25. The first kappa shape index (κ1) is 16.6. The molecule has 1 fully saturated rings. The van der Waals surface area contributed by atoms with Crippen LogP contribution in [0.25, 0.3) is 17.4 Å². The number of carbonyl (C=O) groups excluding carboxylic acids is 1. The van der Waals surface area contributed by atoms with Gasteiger partial charge in [0.15, 0.2) is 5.11 Å². The fourth-order valence-electron chi connectivity index (χ4n) is 2.73. The molecule has 1 amide bonds. The van der Waals surface area contributed by atoms with E-state index in [1.165, 1.54) is 4.90 Å². The second kappa shape index (κ2) is 6.78. The summed E-state index contributed by atoms with van der Waals surface area (Å²) in [5.74, 6) is 0.945. The summed E-state index contributed by atoms with van der Waals surface area (Å²) in [6.45, 7) is 0. The van der Waals surface area contributed by atoms with E-state index in [0.717, 1.165) is 11.3 Å². The van der Waals surface area contributed by atoms with Gasteiger partial charge in [-0.3, -0.25) is 9.69 Å². The minimum absolute atomic E-state index is 0.225. The number of halogens is 1. The molecule has 2 heterocycles. The number of hydrogen-bond donors (Lipinski definition) is 1. The Balaban J connectivity index is 1.63. The summed E-state index contributed by atoms with van der Waals surface area (Å²) in [5.41, 5.74) is 1.87. The van der Waals surface area contributed by atoms with E-state index < -0.39 is 0 Å². The van der Waals surface area contributed by atoms with E-state index >= 15 is 0 Å². The summed E-state index contributed by atoms with van der Waals surface area (Å²) in [6, 6.07) is 20.3. The zero-order chi connectivity index (χ0) is 18.1. The molecule has 1 N–H and O–H groups in total. The normalized spacial score (nSPS) is 15.6. The van der Waals surface area contributed by atoms with Crippen LogP contribution in [0.4, 0.5) is 5.69 Å². The summed E-state index contributed by atoms with van der Waals surface area (Å²) in [7, 11) is 0. The zero-order valence-corrected chi connectivity index (χ0v) is 15.1. The van der Waals surface area contributed by atoms with Gasteiger partial charge in [-0.05, 0) is 48.6 Å². The van der Waals surface area contributed by atoms with Crippen LogP contribution in [-0.4, -0.2) is 11.0 Å². The molecule has 1 aliphatic heterocycles. The van der Waals surface area contributed by atoms with Crippen molar-refractivity contribution in [2.45, 2.75) is 0 Å². The number of para-hydroxylation sites is 1. The van der Waals surface area contributed by atoms with Crippen molar-refractivity contribution in [3.8, 4) is 11.3 Å². The highest BCUT2D eigenvalue weighted by Gasteiger charge is 2.32. The smallest absolute Gasteiger partial charge is 0.281 e. The number of anilines is 1. The van der Waals surface area contributed by atoms with Crippen molar-refractivity contribution in [1.82, 2.24) is 5.32 Å². The lowest BCUT2D eigenvalue weighted by atomic mass is 10.2. The van der Waals surface area contributed by atoms with Gasteiger partial charge in [-0.15, -0.1) is 0 Å². The van der Waals surface area contributed by atoms with Crippen molar-refractivity contribution in [2.24, 2.45) is 0 Å². The van der Waals surface area contributed by atoms with Gasteiger partial charge in [-0.2, -0.15) is 0 Å². The highest BCUT2D eigenvalue weighted by Crippen LogP contribution is 2.30. The number of thiocarbonyl (C=S) groups is 1. The number of amides is 1. The first-order valence-corrected chi connectivity index (χ1v) is 8.69. The minimum Gasteiger partial charge on any atom is -0.457 e. The number of nitrogens with one attached hydrogen (secondary N) is 1. The molecule has 0 aliphatic carbocycles. The van der Waals surface area contributed by atoms with Gasteiger partial charge in [-0.25, -0.2) is 0 Å². The summed E-state index contributed by atoms with van der Waals surface area (Å²) in [5, 5.41) is 3.89. The maximum Gasteiger partial charge on any atom is 0.281 e. The Morgan fingerprint density at radius 2 is 1.73 bits per heavy atom. The van der Waals surface area contributed by atoms with Gasteiger partial charge in [0.25, 0.3) is 5.91 Å². The van der Waals surface area contributed by atoms with Gasteiger partial charge in [-0.1, -0.05) is 41.9 Å². The molecule has 0 saturated carbocycles. The molecule has 0 unspecified atom stereocenters. The monoisotopic (exact) mass is 380 g/mol. The third kappa shape index (κ3) is 3.03. The Kier molecular flexibility index (Phi) is 4.32. The van der Waals surface area contributed by atoms with E-state index in [2.05, 4.69) is 5.32 Å². The van der Waals surface area contributed by atoms with Crippen molar-refractivity contribution in [3.05, 3.63) is 83.2 Å². The summed E-state index contributed by atoms with van der Waals surface area (Å²) in [6.07, 6.45) is 1.64. The van der Waals surface area contributed by atoms with Crippen LogP contribution in [0.15, 0.2) is 76.8 Å². The standard InChI is InChI=1S/C20H13ClN2O2S/c21-16-9-5-4-8-15(16)18-11-10-14(25-18)12-17-19(24)23(20(26)22-17)13-6-2-1-3-7-13/h1-12H,(H,22,26). The van der Waals surface area contributed by atoms with Crippen LogP contribution in [0.1, 0.15) is 5.76 Å². The van der Waals surface area contributed by atoms with Crippen molar-refractivity contribution in [1.29, 1.82) is 0 Å². The van der Waals surface area contributed by atoms with Crippen LogP contribution in [0.2, 0.25) is 5.02 Å². The number of hydrogen-bond acceptors (Lipinski definition) is 3. The Morgan fingerprint density at radius 1 is 1.00 bits per heavy atom. The molecule has 26 heavy (non-hydrogen) atoms. The SMILES string of the molecule is O=C1C(=Cc2ccc(-c3ccccc3Cl)o2)NC(=S)N1c1ccccc1. The van der Waals surface area contributed by atoms with Crippen molar-refractivity contribution in [3.63, 3.8) is 0 Å². The first-order valence-electron chi connectivity index (χ1n) is 7.90. The molecular weight excluding hydrogens is 368 g/mol. The van der Waals surface area contributed by atoms with Gasteiger partial charge < -0.3 is 9.73 Å². The number of benzene rings is 2. The topological polar surface area (TPSA) is 45.5 Å². The largest absolute Gasteiger partial charge is 0.457 e. The Morgan fingerprint density at radius 3 is 2.50 bits per heavy atom. The average Bonchev–Trinajstić information content (AvgIpc) is 3.21. The number of furan rings is 1. The van der Waals surface area contributed by atoms with Crippen molar-refractivity contribution in [2.75, 3.05) is 4.90 Å². The number of carbonyl (C=O) groups is 1. The average molecular weight is 381 g/mol. The van der Waals surface area contributed by atoms with E-state index in [9.17, 15) is 4.79 Å². The quantitative estimate of drug-likeness (QED) is 0.520. The lowest BCUT2D eigenvalue weighted by Gasteiger charge is -2.13. The van der Waals surface area contributed by atoms with E-state index in [1.807, 2.05) is 54.6 Å². The van der Waals surface area contributed by atoms with Crippen LogP contribution < -0.4 is 10.2 Å². The Bertz CT molecular complexity index is 1030. The van der Waals surface area contributed by atoms with Crippen LogP contribution in [0.3, 0.4) is 0 Å². The number of rotatable bonds is 3. The molecule has 2 aromatic carbocycles. The second-order valence-electron chi connectivity index (χ2n) is 5.65. The molecule has 1 saturated heterocycles. The minimum atomic E-state index is -0.225. The van der Waals surface area contributed by atoms with Crippen LogP contribution >= 0.6 is 23.8 Å². The van der Waals surface area contributed by atoms with Crippen LogP contribution in [-0.2, 0) is 4.79 Å². The Labute approximate surface area is 160 Å². The highest BCUT2D eigenvalue weighted by molar-refractivity contribution is 7.80. The fraction of sp³-hybridized carbons (Fsp3) is 0. The first-order chi connectivity index (χ1) is 12.6. The second-order valence-corrected chi connectivity index (χ2v) is 6.44. The van der Waals surface area contributed by atoms with Gasteiger partial charge in [0.2, 0.25) is 0 Å². The maximum absolute atomic E-state index is 12.7. The molecule has 1 aliphatic rings. The Hall–Kier alpha value is -2.89. The summed E-state index contributed by atoms with van der Waals surface area (Å²) in [4.78, 5) is 14.2. The predicted octanol–water partition coefficient (Wildman–Crippen LogP) is 4.86. The maximum atomic E-state index is 12.7. The lowest BCUT2D eigenvalue weighted by molar-refractivity contribution is -0.113. The van der Waals surface area contributed by atoms with Gasteiger partial charge in [0.05, 0.1) is 10.7 Å². The van der Waals surface area contributed by atoms with Crippen LogP contribution in [0.5, 0.6) is 0 Å². The molecule has 0 atom stereocenters. The van der Waals surface area contributed by atoms with Crippen LogP contribution in [0, 0.1) is 0 Å². The predicted molar refractivity (Wildman–Crippen MR) is 107 cm³/mol. The molecule has 3 aromatic rings. The molecule has 1 aromatic heterocycles. The molecule has 6 heteroatoms. The van der Waals surface area contributed by atoms with Gasteiger partial charge in [0, 0.05) is 11.6 Å². The molecule has 128 valence electrons. The molecular formula is C20H13ClN2O2S. The third-order valence-corrected chi connectivity index (χ3v) is 4.56. The molecule has 0 radical (unpaired) electrons. The lowest BCUT2D eigenvalue weighted by Crippen LogP contribution is -2.30. The van der Waals surface area contributed by atoms with E-state index in [1.54, 1.807) is 18.2 Å². The van der Waals surface area contributed by atoms with Crippen molar-refractivity contribution < 1.29 is 9.21 Å². The van der Waals surface area contributed by atoms with Gasteiger partial charge in [0.1, 0.15) is 17.2 Å². The van der Waals surface area contributed by atoms with E-state index in [4.69, 9.17) is 28.2 Å². The van der Waals surface area contributed by atoms with E-state index in [-0.39, 0.29) is 5.91 Å². The van der Waals surface area contributed by atoms with E-state index in [0.29, 0.717) is 27.4 Å². The van der Waals surface area contributed by atoms with Gasteiger partial charge >= 0.3 is 0 Å². The number of nitrogens with zero attached hydrogens (tertiary/aromatic N) is 1. The molecule has 0 bridgehead atoms. The summed E-state index contributed by atoms with van der Waals surface area (Å²) >= 11 is 11.5. The van der Waals surface area contributed by atoms with Crippen molar-refractivity contribution >= 4 is 46.6 Å². The summed E-state index contributed by atoms with van der Waals surface area (Å²) < 4.78 is 5.82.